The Labute approximate surface area is 484 Å². The van der Waals surface area contributed by atoms with Gasteiger partial charge in [0.1, 0.15) is 13.2 Å². The van der Waals surface area contributed by atoms with E-state index in [0.717, 1.165) is 128 Å². The largest absolute Gasteiger partial charge is 0.462 e. The molecule has 0 aliphatic heterocycles. The van der Waals surface area contributed by atoms with Crippen molar-refractivity contribution in [2.45, 2.75) is 341 Å². The number of esters is 3. The number of hydrogen-bond donors (Lipinski definition) is 0. The zero-order valence-electron chi connectivity index (χ0n) is 51.7. The summed E-state index contributed by atoms with van der Waals surface area (Å²) in [6.07, 6.45) is 87.6. The maximum Gasteiger partial charge on any atom is 0.306 e. The summed E-state index contributed by atoms with van der Waals surface area (Å²) in [5.74, 6) is -0.902. The van der Waals surface area contributed by atoms with Gasteiger partial charge >= 0.3 is 17.9 Å². The molecule has 6 heteroatoms. The Kier molecular flexibility index (Phi) is 63.2. The molecule has 1 atom stereocenters. The number of carbonyl (C=O) groups excluding carboxylic acids is 3. The fourth-order valence-electron chi connectivity index (χ4n) is 9.51. The second-order valence-electron chi connectivity index (χ2n) is 22.4. The number of ether oxygens (including phenoxy) is 3. The van der Waals surface area contributed by atoms with E-state index in [9.17, 15) is 14.4 Å². The van der Waals surface area contributed by atoms with Gasteiger partial charge in [-0.05, 0) is 109 Å². The summed E-state index contributed by atoms with van der Waals surface area (Å²) in [5, 5.41) is 0. The highest BCUT2D eigenvalue weighted by Gasteiger charge is 2.19. The number of allylic oxidation sites excluding steroid dienone is 14. The molecular weight excluding hydrogens is 961 g/mol. The minimum absolute atomic E-state index is 0.0844. The summed E-state index contributed by atoms with van der Waals surface area (Å²) in [5.41, 5.74) is 0. The van der Waals surface area contributed by atoms with Crippen molar-refractivity contribution in [3.05, 3.63) is 85.1 Å². The lowest BCUT2D eigenvalue weighted by molar-refractivity contribution is -0.167. The summed E-state index contributed by atoms with van der Waals surface area (Å²) in [7, 11) is 0. The van der Waals surface area contributed by atoms with Gasteiger partial charge in [-0.15, -0.1) is 0 Å². The number of carbonyl (C=O) groups is 3. The van der Waals surface area contributed by atoms with Crippen molar-refractivity contribution in [3.63, 3.8) is 0 Å². The molecule has 1 unspecified atom stereocenters. The normalized spacial score (nSPS) is 12.6. The summed E-state index contributed by atoms with van der Waals surface area (Å²) < 4.78 is 16.9. The molecule has 0 heterocycles. The van der Waals surface area contributed by atoms with Crippen LogP contribution in [0.3, 0.4) is 0 Å². The molecule has 0 saturated carbocycles. The molecule has 0 radical (unpaired) electrons. The van der Waals surface area contributed by atoms with Gasteiger partial charge in [0.05, 0.1) is 0 Å². The average Bonchev–Trinajstić information content (AvgIpc) is 3.44. The van der Waals surface area contributed by atoms with Crippen molar-refractivity contribution in [3.8, 4) is 0 Å². The van der Waals surface area contributed by atoms with Crippen LogP contribution in [0.2, 0.25) is 0 Å². The monoisotopic (exact) mass is 1090 g/mol. The lowest BCUT2D eigenvalue weighted by Gasteiger charge is -2.18. The third-order valence-electron chi connectivity index (χ3n) is 14.6. The van der Waals surface area contributed by atoms with Gasteiger partial charge in [0.25, 0.3) is 0 Å². The predicted octanol–water partition coefficient (Wildman–Crippen LogP) is 23.1. The summed E-state index contributed by atoms with van der Waals surface area (Å²) in [6, 6.07) is 0. The zero-order chi connectivity index (χ0) is 56.4. The quantitative estimate of drug-likeness (QED) is 0.0261. The fourth-order valence-corrected chi connectivity index (χ4v) is 9.51. The Balaban J connectivity index is 4.13. The highest BCUT2D eigenvalue weighted by molar-refractivity contribution is 5.71. The van der Waals surface area contributed by atoms with Gasteiger partial charge in [-0.3, -0.25) is 14.4 Å². The van der Waals surface area contributed by atoms with Crippen molar-refractivity contribution < 1.29 is 28.6 Å². The molecule has 6 nitrogen and oxygen atoms in total. The summed E-state index contributed by atoms with van der Waals surface area (Å²) in [4.78, 5) is 38.2. The van der Waals surface area contributed by atoms with Crippen LogP contribution in [0, 0.1) is 0 Å². The lowest BCUT2D eigenvalue weighted by Crippen LogP contribution is -2.30. The molecule has 0 aliphatic rings. The van der Waals surface area contributed by atoms with Crippen LogP contribution < -0.4 is 0 Å². The van der Waals surface area contributed by atoms with E-state index in [2.05, 4.69) is 106 Å². The molecule has 0 rings (SSSR count). The second-order valence-corrected chi connectivity index (χ2v) is 22.4. The molecule has 0 amide bonds. The smallest absolute Gasteiger partial charge is 0.306 e. The first kappa shape index (κ1) is 74.6. The Hall–Kier alpha value is -3.41. The van der Waals surface area contributed by atoms with Crippen LogP contribution in [0.4, 0.5) is 0 Å². The minimum Gasteiger partial charge on any atom is -0.462 e. The van der Waals surface area contributed by atoms with Crippen LogP contribution in [-0.4, -0.2) is 37.2 Å². The maximum atomic E-state index is 12.9. The molecule has 78 heavy (non-hydrogen) atoms. The molecular formula is C72H126O6. The molecule has 0 aromatic rings. The molecule has 0 N–H and O–H groups in total. The van der Waals surface area contributed by atoms with Crippen molar-refractivity contribution in [2.24, 2.45) is 0 Å². The molecule has 0 aromatic heterocycles. The van der Waals surface area contributed by atoms with E-state index < -0.39 is 6.10 Å². The van der Waals surface area contributed by atoms with Crippen molar-refractivity contribution in [1.82, 2.24) is 0 Å². The van der Waals surface area contributed by atoms with Crippen LogP contribution >= 0.6 is 0 Å². The van der Waals surface area contributed by atoms with Crippen LogP contribution in [0.1, 0.15) is 335 Å². The fraction of sp³-hybridized carbons (Fsp3) is 0.764. The second kappa shape index (κ2) is 66.1. The first-order valence-corrected chi connectivity index (χ1v) is 33.6. The van der Waals surface area contributed by atoms with E-state index in [4.69, 9.17) is 14.2 Å². The van der Waals surface area contributed by atoms with E-state index >= 15 is 0 Å². The van der Waals surface area contributed by atoms with Gasteiger partial charge in [-0.2, -0.15) is 0 Å². The molecule has 0 saturated heterocycles. The summed E-state index contributed by atoms with van der Waals surface area (Å²) in [6.45, 7) is 6.53. The van der Waals surface area contributed by atoms with E-state index in [1.54, 1.807) is 0 Å². The Morgan fingerprint density at radius 3 is 0.808 bits per heavy atom. The molecule has 450 valence electrons. The van der Waals surface area contributed by atoms with Crippen molar-refractivity contribution >= 4 is 17.9 Å². The maximum absolute atomic E-state index is 12.9. The molecule has 0 aromatic carbocycles. The van der Waals surface area contributed by atoms with Crippen molar-refractivity contribution in [1.29, 1.82) is 0 Å². The number of hydrogen-bond acceptors (Lipinski definition) is 6. The summed E-state index contributed by atoms with van der Waals surface area (Å²) >= 11 is 0. The van der Waals surface area contributed by atoms with Crippen LogP contribution in [0.15, 0.2) is 85.1 Å². The van der Waals surface area contributed by atoms with E-state index in [1.807, 2.05) is 0 Å². The van der Waals surface area contributed by atoms with Gasteiger partial charge in [0.2, 0.25) is 0 Å². The van der Waals surface area contributed by atoms with Crippen LogP contribution in [-0.2, 0) is 28.6 Å². The third kappa shape index (κ3) is 63.4. The topological polar surface area (TPSA) is 78.9 Å². The van der Waals surface area contributed by atoms with Gasteiger partial charge in [-0.25, -0.2) is 0 Å². The molecule has 0 spiro atoms. The van der Waals surface area contributed by atoms with Gasteiger partial charge < -0.3 is 14.2 Å². The molecule has 0 bridgehead atoms. The van der Waals surface area contributed by atoms with Crippen LogP contribution in [0.25, 0.3) is 0 Å². The SMILES string of the molecule is CCC/C=C\C/C=C\CCCCCCCC(=O)OCC(COC(=O)CCCCCCCCCCCCCCCCCCCC/C=C\C/C=C\C/C=C\CCCCCCC)OC(=O)CCCCCCC/C=C\C/C=C\CCCC. The molecule has 0 aliphatic carbocycles. The van der Waals surface area contributed by atoms with Gasteiger partial charge in [0.15, 0.2) is 6.10 Å². The molecule has 0 fully saturated rings. The van der Waals surface area contributed by atoms with Crippen molar-refractivity contribution in [2.75, 3.05) is 13.2 Å². The van der Waals surface area contributed by atoms with Crippen LogP contribution in [0.5, 0.6) is 0 Å². The average molecular weight is 1090 g/mol. The number of rotatable bonds is 61. The standard InChI is InChI=1S/C72H126O6/c1-4-7-10-13-16-19-22-25-27-28-29-30-31-32-33-34-35-36-37-38-39-40-41-42-43-44-45-48-50-53-56-59-62-65-71(74)77-68-69(67-76-70(73)64-61-58-55-52-49-46-24-21-18-15-12-9-6-3)78-72(75)66-63-60-57-54-51-47-26-23-20-17-14-11-8-5-2/h12,14-15,17,21-26,28-29,31-32,69H,4-11,13,16,18-20,27,30,33-68H2,1-3H3/b15-12-,17-14-,24-21-,25-22-,26-23-,29-28-,32-31-. The minimum atomic E-state index is -0.789. The van der Waals surface area contributed by atoms with E-state index in [0.29, 0.717) is 19.3 Å². The Morgan fingerprint density at radius 1 is 0.256 bits per heavy atom. The Morgan fingerprint density at radius 2 is 0.500 bits per heavy atom. The lowest BCUT2D eigenvalue weighted by atomic mass is 10.0. The third-order valence-corrected chi connectivity index (χ3v) is 14.6. The van der Waals surface area contributed by atoms with Gasteiger partial charge in [0, 0.05) is 19.3 Å². The first-order valence-electron chi connectivity index (χ1n) is 33.6. The van der Waals surface area contributed by atoms with Gasteiger partial charge in [-0.1, -0.05) is 292 Å². The highest BCUT2D eigenvalue weighted by Crippen LogP contribution is 2.17. The Bertz CT molecular complexity index is 1480. The van der Waals surface area contributed by atoms with E-state index in [-0.39, 0.29) is 31.1 Å². The highest BCUT2D eigenvalue weighted by atomic mass is 16.6. The first-order chi connectivity index (χ1) is 38.5. The van der Waals surface area contributed by atoms with E-state index in [1.165, 1.54) is 167 Å². The number of unbranched alkanes of at least 4 members (excludes halogenated alkanes) is 36. The predicted molar refractivity (Wildman–Crippen MR) is 339 cm³/mol. The zero-order valence-corrected chi connectivity index (χ0v) is 51.7.